The van der Waals surface area contributed by atoms with E-state index in [2.05, 4.69) is 115 Å². The quantitative estimate of drug-likeness (QED) is 0.165. The second-order valence-electron chi connectivity index (χ2n) is 11.2. The molecule has 0 N–H and O–H groups in total. The van der Waals surface area contributed by atoms with Crippen molar-refractivity contribution >= 4 is 73.0 Å². The van der Waals surface area contributed by atoms with E-state index in [0.717, 1.165) is 33.1 Å². The van der Waals surface area contributed by atoms with Crippen molar-refractivity contribution in [3.63, 3.8) is 0 Å². The zero-order valence-corrected chi connectivity index (χ0v) is 22.7. The SMILES string of the molecule is O=P(C1=Cc2ccc3cccc4c3c2C(C=C4)C1)(c1ccccc1)c1cc2ccc3cccc4ccc(c1)c2c34. The Labute approximate surface area is 232 Å². The van der Waals surface area contributed by atoms with Crippen molar-refractivity contribution in [2.24, 2.45) is 0 Å². The molecule has 7 aromatic carbocycles. The highest BCUT2D eigenvalue weighted by Crippen LogP contribution is 2.59. The fourth-order valence-corrected chi connectivity index (χ4v) is 10.3. The molecule has 2 aliphatic carbocycles. The molecule has 0 aliphatic heterocycles. The zero-order valence-electron chi connectivity index (χ0n) is 21.8. The van der Waals surface area contributed by atoms with Gasteiger partial charge < -0.3 is 4.57 Å². The Kier molecular flexibility index (Phi) is 4.50. The second kappa shape index (κ2) is 8.04. The standard InChI is InChI=1S/C38H25OP/c39-40(32-10-2-1-3-11-32,33-20-28-16-12-24-6-4-7-25-13-17-29(21-33)37(28)35(24)25)34-22-30-18-14-26-8-5-9-27-15-19-31(23-34)38(30)36(26)27/h1-22,31H,23H2. The third kappa shape index (κ3) is 2.96. The Hall–Kier alpha value is -4.45. The van der Waals surface area contributed by atoms with Crippen molar-refractivity contribution in [1.82, 2.24) is 0 Å². The van der Waals surface area contributed by atoms with E-state index < -0.39 is 7.14 Å². The van der Waals surface area contributed by atoms with Crippen molar-refractivity contribution in [1.29, 1.82) is 0 Å². The van der Waals surface area contributed by atoms with Crippen LogP contribution in [-0.4, -0.2) is 0 Å². The van der Waals surface area contributed by atoms with Gasteiger partial charge in [-0.3, -0.25) is 0 Å². The lowest BCUT2D eigenvalue weighted by atomic mass is 9.79. The van der Waals surface area contributed by atoms with Crippen LogP contribution in [0.15, 0.2) is 127 Å². The van der Waals surface area contributed by atoms with Gasteiger partial charge in [-0.05, 0) is 89.7 Å². The first-order valence-corrected chi connectivity index (χ1v) is 15.7. The normalized spacial score (nSPS) is 17.5. The molecule has 7 aromatic rings. The summed E-state index contributed by atoms with van der Waals surface area (Å²) in [6, 6.07) is 40.8. The van der Waals surface area contributed by atoms with Gasteiger partial charge in [0.25, 0.3) is 0 Å². The van der Waals surface area contributed by atoms with Crippen LogP contribution in [-0.2, 0) is 4.57 Å². The first-order valence-electron chi connectivity index (χ1n) is 14.0. The number of allylic oxidation sites excluding steroid dienone is 2. The topological polar surface area (TPSA) is 17.1 Å². The molecular weight excluding hydrogens is 503 g/mol. The van der Waals surface area contributed by atoms with Gasteiger partial charge in [-0.1, -0.05) is 115 Å². The van der Waals surface area contributed by atoms with Gasteiger partial charge in [0, 0.05) is 16.5 Å². The molecule has 0 bridgehead atoms. The molecule has 40 heavy (non-hydrogen) atoms. The minimum atomic E-state index is -3.14. The van der Waals surface area contributed by atoms with Crippen molar-refractivity contribution in [2.45, 2.75) is 12.3 Å². The van der Waals surface area contributed by atoms with Crippen LogP contribution in [0.3, 0.4) is 0 Å². The smallest absolute Gasteiger partial charge is 0.167 e. The fraction of sp³-hybridized carbons (Fsp3) is 0.0526. The number of hydrogen-bond donors (Lipinski definition) is 0. The van der Waals surface area contributed by atoms with Gasteiger partial charge in [0.05, 0.1) is 0 Å². The number of rotatable bonds is 3. The lowest BCUT2D eigenvalue weighted by Crippen LogP contribution is -2.20. The molecule has 9 rings (SSSR count). The summed E-state index contributed by atoms with van der Waals surface area (Å²) in [5, 5.41) is 12.8. The van der Waals surface area contributed by atoms with Gasteiger partial charge in [0.2, 0.25) is 0 Å². The van der Waals surface area contributed by atoms with E-state index in [1.807, 2.05) is 18.2 Å². The molecule has 2 aliphatic rings. The van der Waals surface area contributed by atoms with E-state index in [0.29, 0.717) is 0 Å². The summed E-state index contributed by atoms with van der Waals surface area (Å²) in [5.74, 6) is 0.218. The summed E-state index contributed by atoms with van der Waals surface area (Å²) in [6.07, 6.45) is 7.59. The third-order valence-electron chi connectivity index (χ3n) is 9.12. The monoisotopic (exact) mass is 528 g/mol. The van der Waals surface area contributed by atoms with Crippen molar-refractivity contribution in [3.05, 3.63) is 143 Å². The highest BCUT2D eigenvalue weighted by atomic mass is 31.2. The molecule has 0 aromatic heterocycles. The van der Waals surface area contributed by atoms with Crippen LogP contribution in [0.5, 0.6) is 0 Å². The van der Waals surface area contributed by atoms with E-state index in [9.17, 15) is 0 Å². The van der Waals surface area contributed by atoms with Gasteiger partial charge in [-0.25, -0.2) is 0 Å². The predicted octanol–water partition coefficient (Wildman–Crippen LogP) is 9.61. The van der Waals surface area contributed by atoms with Crippen LogP contribution in [0.1, 0.15) is 29.0 Å². The maximum Gasteiger partial charge on any atom is 0.167 e. The van der Waals surface area contributed by atoms with Gasteiger partial charge in [-0.2, -0.15) is 0 Å². The highest BCUT2D eigenvalue weighted by molar-refractivity contribution is 7.82. The molecule has 0 radical (unpaired) electrons. The summed E-state index contributed by atoms with van der Waals surface area (Å²) >= 11 is 0. The third-order valence-corrected chi connectivity index (χ3v) is 12.2. The van der Waals surface area contributed by atoms with Gasteiger partial charge in [0.15, 0.2) is 7.14 Å². The summed E-state index contributed by atoms with van der Waals surface area (Å²) in [7, 11) is -3.14. The molecule has 0 saturated carbocycles. The lowest BCUT2D eigenvalue weighted by molar-refractivity contribution is 0.589. The predicted molar refractivity (Wildman–Crippen MR) is 172 cm³/mol. The fourth-order valence-electron chi connectivity index (χ4n) is 7.32. The van der Waals surface area contributed by atoms with Crippen LogP contribution in [0.25, 0.3) is 55.2 Å². The molecule has 2 atom stereocenters. The van der Waals surface area contributed by atoms with Gasteiger partial charge in [-0.15, -0.1) is 0 Å². The van der Waals surface area contributed by atoms with Crippen molar-refractivity contribution in [3.8, 4) is 0 Å². The van der Waals surface area contributed by atoms with E-state index >= 15 is 4.57 Å². The molecule has 2 heteroatoms. The van der Waals surface area contributed by atoms with Crippen molar-refractivity contribution in [2.75, 3.05) is 0 Å². The molecule has 1 nitrogen and oxygen atoms in total. The zero-order chi connectivity index (χ0) is 26.4. The average molecular weight is 529 g/mol. The minimum absolute atomic E-state index is 0.218. The van der Waals surface area contributed by atoms with Crippen molar-refractivity contribution < 1.29 is 4.57 Å². The Bertz CT molecular complexity index is 2210. The maximum atomic E-state index is 15.8. The Balaban J connectivity index is 1.33. The summed E-state index contributed by atoms with van der Waals surface area (Å²) in [6.45, 7) is 0. The summed E-state index contributed by atoms with van der Waals surface area (Å²) < 4.78 is 15.8. The highest BCUT2D eigenvalue weighted by Gasteiger charge is 2.37. The van der Waals surface area contributed by atoms with E-state index in [1.165, 1.54) is 49.0 Å². The molecular formula is C38H25OP. The lowest BCUT2D eigenvalue weighted by Gasteiger charge is -2.32. The Morgan fingerprint density at radius 3 is 1.93 bits per heavy atom. The summed E-state index contributed by atoms with van der Waals surface area (Å²) in [5.41, 5.74) is 3.86. The number of hydrogen-bond acceptors (Lipinski definition) is 1. The Morgan fingerprint density at radius 1 is 0.550 bits per heavy atom. The maximum absolute atomic E-state index is 15.8. The minimum Gasteiger partial charge on any atom is -0.309 e. The molecule has 188 valence electrons. The summed E-state index contributed by atoms with van der Waals surface area (Å²) in [4.78, 5) is 0. The van der Waals surface area contributed by atoms with Gasteiger partial charge >= 0.3 is 0 Å². The van der Waals surface area contributed by atoms with E-state index in [4.69, 9.17) is 0 Å². The molecule has 0 heterocycles. The van der Waals surface area contributed by atoms with Crippen LogP contribution < -0.4 is 10.6 Å². The number of benzene rings is 7. The first kappa shape index (κ1) is 22.4. The molecule has 0 fully saturated rings. The Morgan fingerprint density at radius 2 is 1.18 bits per heavy atom. The molecule has 0 spiro atoms. The average Bonchev–Trinajstić information content (AvgIpc) is 3.02. The van der Waals surface area contributed by atoms with Crippen LogP contribution in [0.2, 0.25) is 0 Å². The van der Waals surface area contributed by atoms with E-state index in [-0.39, 0.29) is 5.92 Å². The first-order chi connectivity index (χ1) is 19.7. The second-order valence-corrected chi connectivity index (χ2v) is 14.1. The van der Waals surface area contributed by atoms with E-state index in [1.54, 1.807) is 0 Å². The largest absolute Gasteiger partial charge is 0.309 e. The molecule has 0 saturated heterocycles. The molecule has 2 unspecified atom stereocenters. The van der Waals surface area contributed by atoms with Crippen LogP contribution >= 0.6 is 7.14 Å². The van der Waals surface area contributed by atoms with Crippen LogP contribution in [0, 0.1) is 0 Å². The van der Waals surface area contributed by atoms with Gasteiger partial charge in [0.1, 0.15) is 0 Å². The molecule has 0 amide bonds. The van der Waals surface area contributed by atoms with Crippen LogP contribution in [0.4, 0.5) is 0 Å².